The normalized spacial score (nSPS) is 16.4. The van der Waals surface area contributed by atoms with Gasteiger partial charge in [0.1, 0.15) is 5.92 Å². The molecule has 0 saturated heterocycles. The number of para-hydroxylation sites is 1. The standard InChI is InChI=1S/C21H20N4O/c1-16-14-20(24(23-16)13-12-17-8-4-2-5-9-17)19-15-22-25(21(19)26)18-10-6-3-7-11-18/h2-11,14-15,19H,12-13H2,1H3. The highest BCUT2D eigenvalue weighted by atomic mass is 16.2. The highest BCUT2D eigenvalue weighted by Gasteiger charge is 2.33. The minimum Gasteiger partial charge on any atom is -0.271 e. The van der Waals surface area contributed by atoms with Crippen molar-refractivity contribution in [3.8, 4) is 0 Å². The van der Waals surface area contributed by atoms with Crippen LogP contribution in [0.1, 0.15) is 22.9 Å². The SMILES string of the molecule is Cc1cc(C2C=NN(c3ccccc3)C2=O)n(CCc2ccccc2)n1. The van der Waals surface area contributed by atoms with Crippen LogP contribution in [0.5, 0.6) is 0 Å². The van der Waals surface area contributed by atoms with E-state index >= 15 is 0 Å². The van der Waals surface area contributed by atoms with Crippen LogP contribution in [-0.4, -0.2) is 21.9 Å². The van der Waals surface area contributed by atoms with Crippen molar-refractivity contribution in [2.75, 3.05) is 5.01 Å². The van der Waals surface area contributed by atoms with E-state index in [0.717, 1.165) is 30.0 Å². The van der Waals surface area contributed by atoms with Crippen molar-refractivity contribution >= 4 is 17.8 Å². The number of carbonyl (C=O) groups excluding carboxylic acids is 1. The van der Waals surface area contributed by atoms with Crippen LogP contribution in [0.3, 0.4) is 0 Å². The first-order valence-electron chi connectivity index (χ1n) is 8.74. The molecule has 0 bridgehead atoms. The predicted molar refractivity (Wildman–Crippen MR) is 102 cm³/mol. The topological polar surface area (TPSA) is 50.5 Å². The van der Waals surface area contributed by atoms with Crippen LogP contribution in [0.25, 0.3) is 0 Å². The summed E-state index contributed by atoms with van der Waals surface area (Å²) in [6.07, 6.45) is 2.58. The molecule has 1 unspecified atom stereocenters. The van der Waals surface area contributed by atoms with Gasteiger partial charge in [-0.2, -0.15) is 10.2 Å². The quantitative estimate of drug-likeness (QED) is 0.711. The zero-order chi connectivity index (χ0) is 17.9. The molecule has 3 aromatic rings. The van der Waals surface area contributed by atoms with E-state index in [1.165, 1.54) is 10.6 Å². The lowest BCUT2D eigenvalue weighted by Gasteiger charge is -2.15. The van der Waals surface area contributed by atoms with E-state index in [0.29, 0.717) is 0 Å². The van der Waals surface area contributed by atoms with E-state index in [1.807, 2.05) is 66.2 Å². The molecule has 0 saturated carbocycles. The molecule has 1 atom stereocenters. The first-order chi connectivity index (χ1) is 12.7. The zero-order valence-corrected chi connectivity index (χ0v) is 14.6. The molecule has 0 spiro atoms. The summed E-state index contributed by atoms with van der Waals surface area (Å²) in [5, 5.41) is 10.4. The van der Waals surface area contributed by atoms with Crippen molar-refractivity contribution in [1.29, 1.82) is 0 Å². The first kappa shape index (κ1) is 16.3. The molecular formula is C21H20N4O. The molecule has 0 radical (unpaired) electrons. The van der Waals surface area contributed by atoms with Crippen molar-refractivity contribution in [2.24, 2.45) is 5.10 Å². The predicted octanol–water partition coefficient (Wildman–Crippen LogP) is 3.55. The number of hydrogen-bond donors (Lipinski definition) is 0. The van der Waals surface area contributed by atoms with Crippen LogP contribution in [0.4, 0.5) is 5.69 Å². The Bertz CT molecular complexity index is 931. The Morgan fingerprint density at radius 2 is 1.69 bits per heavy atom. The van der Waals surface area contributed by atoms with Crippen LogP contribution in [0.2, 0.25) is 0 Å². The van der Waals surface area contributed by atoms with Crippen LogP contribution in [0.15, 0.2) is 71.8 Å². The van der Waals surface area contributed by atoms with Gasteiger partial charge in [0, 0.05) is 12.8 Å². The minimum absolute atomic E-state index is 0.0444. The third-order valence-electron chi connectivity index (χ3n) is 4.51. The second kappa shape index (κ2) is 6.96. The molecule has 5 heteroatoms. The Balaban J connectivity index is 1.55. The highest BCUT2D eigenvalue weighted by molar-refractivity contribution is 6.11. The summed E-state index contributed by atoms with van der Waals surface area (Å²) in [4.78, 5) is 12.9. The third-order valence-corrected chi connectivity index (χ3v) is 4.51. The van der Waals surface area contributed by atoms with Gasteiger partial charge in [-0.05, 0) is 37.1 Å². The molecule has 0 aliphatic carbocycles. The van der Waals surface area contributed by atoms with E-state index in [-0.39, 0.29) is 5.91 Å². The molecule has 0 fully saturated rings. The van der Waals surface area contributed by atoms with Gasteiger partial charge in [0.05, 0.1) is 17.1 Å². The average Bonchev–Trinajstić information content (AvgIpc) is 3.23. The number of amides is 1. The number of aromatic nitrogens is 2. The van der Waals surface area contributed by atoms with E-state index in [4.69, 9.17) is 0 Å². The van der Waals surface area contributed by atoms with Crippen LogP contribution < -0.4 is 5.01 Å². The lowest BCUT2D eigenvalue weighted by atomic mass is 10.1. The van der Waals surface area contributed by atoms with Gasteiger partial charge in [0.2, 0.25) is 0 Å². The minimum atomic E-state index is -0.396. The molecule has 5 nitrogen and oxygen atoms in total. The number of anilines is 1. The number of hydrazone groups is 1. The Labute approximate surface area is 152 Å². The molecule has 2 heterocycles. The number of carbonyl (C=O) groups is 1. The van der Waals surface area contributed by atoms with Gasteiger partial charge < -0.3 is 0 Å². The van der Waals surface area contributed by atoms with Crippen molar-refractivity contribution in [3.05, 3.63) is 83.7 Å². The molecule has 0 N–H and O–H groups in total. The molecule has 1 aliphatic heterocycles. The number of aryl methyl sites for hydroxylation is 3. The molecule has 26 heavy (non-hydrogen) atoms. The zero-order valence-electron chi connectivity index (χ0n) is 14.6. The highest BCUT2D eigenvalue weighted by Crippen LogP contribution is 2.27. The fourth-order valence-corrected chi connectivity index (χ4v) is 3.23. The van der Waals surface area contributed by atoms with Crippen LogP contribution >= 0.6 is 0 Å². The molecule has 1 amide bonds. The number of rotatable bonds is 5. The average molecular weight is 344 g/mol. The van der Waals surface area contributed by atoms with Crippen molar-refractivity contribution in [2.45, 2.75) is 25.8 Å². The van der Waals surface area contributed by atoms with E-state index in [1.54, 1.807) is 6.21 Å². The summed E-state index contributed by atoms with van der Waals surface area (Å²) in [5.41, 5.74) is 3.84. The van der Waals surface area contributed by atoms with Crippen molar-refractivity contribution in [3.63, 3.8) is 0 Å². The molecule has 1 aromatic heterocycles. The number of nitrogens with zero attached hydrogens (tertiary/aromatic N) is 4. The van der Waals surface area contributed by atoms with Gasteiger partial charge in [0.25, 0.3) is 5.91 Å². The van der Waals surface area contributed by atoms with Crippen molar-refractivity contribution in [1.82, 2.24) is 9.78 Å². The first-order valence-corrected chi connectivity index (χ1v) is 8.74. The maximum Gasteiger partial charge on any atom is 0.262 e. The van der Waals surface area contributed by atoms with Gasteiger partial charge >= 0.3 is 0 Å². The maximum absolute atomic E-state index is 12.9. The summed E-state index contributed by atoms with van der Waals surface area (Å²) in [6, 6.07) is 21.8. The fourth-order valence-electron chi connectivity index (χ4n) is 3.23. The van der Waals surface area contributed by atoms with Crippen LogP contribution in [0, 0.1) is 6.92 Å². The fraction of sp³-hybridized carbons (Fsp3) is 0.190. The van der Waals surface area contributed by atoms with E-state index < -0.39 is 5.92 Å². The van der Waals surface area contributed by atoms with Gasteiger partial charge in [0.15, 0.2) is 0 Å². The molecule has 130 valence electrons. The Hall–Kier alpha value is -3.21. The Morgan fingerprint density at radius 1 is 1.00 bits per heavy atom. The Kier molecular flexibility index (Phi) is 4.35. The summed E-state index contributed by atoms with van der Waals surface area (Å²) in [7, 11) is 0. The smallest absolute Gasteiger partial charge is 0.262 e. The molecular weight excluding hydrogens is 324 g/mol. The lowest BCUT2D eigenvalue weighted by Crippen LogP contribution is -2.26. The van der Waals surface area contributed by atoms with Gasteiger partial charge in [-0.1, -0.05) is 48.5 Å². The van der Waals surface area contributed by atoms with Gasteiger partial charge in [-0.25, -0.2) is 5.01 Å². The molecule has 4 rings (SSSR count). The van der Waals surface area contributed by atoms with Gasteiger partial charge in [-0.15, -0.1) is 0 Å². The van der Waals surface area contributed by atoms with Crippen LogP contribution in [-0.2, 0) is 17.8 Å². The Morgan fingerprint density at radius 3 is 2.42 bits per heavy atom. The molecule has 1 aliphatic rings. The maximum atomic E-state index is 12.9. The number of hydrogen-bond acceptors (Lipinski definition) is 3. The second-order valence-electron chi connectivity index (χ2n) is 6.40. The summed E-state index contributed by atoms with van der Waals surface area (Å²) < 4.78 is 1.94. The molecule has 2 aromatic carbocycles. The third kappa shape index (κ3) is 3.16. The second-order valence-corrected chi connectivity index (χ2v) is 6.40. The van der Waals surface area contributed by atoms with Crippen molar-refractivity contribution < 1.29 is 4.79 Å². The lowest BCUT2D eigenvalue weighted by molar-refractivity contribution is -0.118. The monoisotopic (exact) mass is 344 g/mol. The van der Waals surface area contributed by atoms with Gasteiger partial charge in [-0.3, -0.25) is 9.48 Å². The summed E-state index contributed by atoms with van der Waals surface area (Å²) in [6.45, 7) is 2.68. The van der Waals surface area contributed by atoms with E-state index in [2.05, 4.69) is 22.3 Å². The summed E-state index contributed by atoms with van der Waals surface area (Å²) >= 11 is 0. The summed E-state index contributed by atoms with van der Waals surface area (Å²) in [5.74, 6) is -0.441. The number of benzene rings is 2. The largest absolute Gasteiger partial charge is 0.271 e. The van der Waals surface area contributed by atoms with E-state index in [9.17, 15) is 4.79 Å².